The summed E-state index contributed by atoms with van der Waals surface area (Å²) in [4.78, 5) is 29.6. The number of hydrogen-bond acceptors (Lipinski definition) is 3. The second kappa shape index (κ2) is 8.29. The molecule has 0 atom stereocenters. The number of aromatic amines is 1. The molecule has 5 nitrogen and oxygen atoms in total. The summed E-state index contributed by atoms with van der Waals surface area (Å²) in [5.41, 5.74) is 4.33. The molecule has 6 aromatic rings. The van der Waals surface area contributed by atoms with Crippen LogP contribution in [0.4, 0.5) is 0 Å². The average molecular weight is 459 g/mol. The summed E-state index contributed by atoms with van der Waals surface area (Å²) in [5, 5.41) is 3.98. The van der Waals surface area contributed by atoms with E-state index in [2.05, 4.69) is 4.98 Å². The molecule has 5 heteroatoms. The van der Waals surface area contributed by atoms with E-state index in [0.717, 1.165) is 38.3 Å². The first kappa shape index (κ1) is 20.9. The number of benzene rings is 4. The molecule has 0 radical (unpaired) electrons. The molecule has 6 rings (SSSR count). The Hall–Kier alpha value is -4.64. The number of ether oxygens (including phenoxy) is 1. The van der Waals surface area contributed by atoms with Crippen molar-refractivity contribution in [1.82, 2.24) is 9.55 Å². The zero-order valence-electron chi connectivity index (χ0n) is 19.1. The zero-order chi connectivity index (χ0) is 23.9. The van der Waals surface area contributed by atoms with E-state index in [0.29, 0.717) is 23.4 Å². The highest BCUT2D eigenvalue weighted by atomic mass is 16.5. The molecule has 0 aliphatic heterocycles. The maximum Gasteiger partial charge on any atom is 0.338 e. The lowest BCUT2D eigenvalue weighted by atomic mass is 10.0. The average Bonchev–Trinajstić information content (AvgIpc) is 3.44. The third kappa shape index (κ3) is 3.49. The van der Waals surface area contributed by atoms with Gasteiger partial charge in [0.15, 0.2) is 0 Å². The predicted molar refractivity (Wildman–Crippen MR) is 138 cm³/mol. The Morgan fingerprint density at radius 3 is 2.31 bits per heavy atom. The molecule has 0 saturated carbocycles. The number of nitrogens with zero attached hydrogens (tertiary/aromatic N) is 1. The smallest absolute Gasteiger partial charge is 0.338 e. The van der Waals surface area contributed by atoms with Crippen LogP contribution in [0, 0.1) is 0 Å². The van der Waals surface area contributed by atoms with Gasteiger partial charge in [-0.05, 0) is 54.1 Å². The SMILES string of the molecule is CCOC(=O)c1ccc(-n2cc3[nH]c4ccccc4c3c2C(=O)c2ccc3ccccc3c2)cc1. The summed E-state index contributed by atoms with van der Waals surface area (Å²) < 4.78 is 7.01. The number of hydrogen-bond donors (Lipinski definition) is 1. The number of esters is 1. The highest BCUT2D eigenvalue weighted by Crippen LogP contribution is 2.33. The molecule has 0 fully saturated rings. The van der Waals surface area contributed by atoms with Crippen molar-refractivity contribution in [3.8, 4) is 5.69 Å². The van der Waals surface area contributed by atoms with Crippen LogP contribution in [0.5, 0.6) is 0 Å². The number of fused-ring (bicyclic) bond motifs is 4. The maximum atomic E-state index is 14.1. The number of para-hydroxylation sites is 1. The van der Waals surface area contributed by atoms with Gasteiger partial charge < -0.3 is 14.3 Å². The molecular weight excluding hydrogens is 436 g/mol. The highest BCUT2D eigenvalue weighted by Gasteiger charge is 2.23. The molecule has 1 N–H and O–H groups in total. The van der Waals surface area contributed by atoms with Crippen molar-refractivity contribution in [2.24, 2.45) is 0 Å². The van der Waals surface area contributed by atoms with Crippen LogP contribution in [0.15, 0.2) is 97.2 Å². The predicted octanol–water partition coefficient (Wildman–Crippen LogP) is 6.67. The molecule has 0 aliphatic rings. The lowest BCUT2D eigenvalue weighted by Gasteiger charge is -2.11. The summed E-state index contributed by atoms with van der Waals surface area (Å²) in [6.45, 7) is 2.10. The van der Waals surface area contributed by atoms with E-state index in [1.165, 1.54) is 0 Å². The Balaban J connectivity index is 1.55. The summed E-state index contributed by atoms with van der Waals surface area (Å²) in [7, 11) is 0. The van der Waals surface area contributed by atoms with Crippen molar-refractivity contribution in [2.75, 3.05) is 6.61 Å². The monoisotopic (exact) mass is 458 g/mol. The fourth-order valence-corrected chi connectivity index (χ4v) is 4.70. The van der Waals surface area contributed by atoms with E-state index >= 15 is 0 Å². The molecule has 0 aliphatic carbocycles. The van der Waals surface area contributed by atoms with Crippen molar-refractivity contribution in [1.29, 1.82) is 0 Å². The third-order valence-electron chi connectivity index (χ3n) is 6.35. The molecule has 0 unspecified atom stereocenters. The molecule has 0 amide bonds. The van der Waals surface area contributed by atoms with Gasteiger partial charge in [-0.1, -0.05) is 54.6 Å². The van der Waals surface area contributed by atoms with Gasteiger partial charge in [0, 0.05) is 33.7 Å². The summed E-state index contributed by atoms with van der Waals surface area (Å²) in [6.07, 6.45) is 1.95. The summed E-state index contributed by atoms with van der Waals surface area (Å²) >= 11 is 0. The summed E-state index contributed by atoms with van der Waals surface area (Å²) in [5.74, 6) is -0.429. The lowest BCUT2D eigenvalue weighted by Crippen LogP contribution is -2.10. The van der Waals surface area contributed by atoms with E-state index < -0.39 is 0 Å². The van der Waals surface area contributed by atoms with Crippen molar-refractivity contribution in [3.63, 3.8) is 0 Å². The Morgan fingerprint density at radius 2 is 1.51 bits per heavy atom. The molecule has 2 aromatic heterocycles. The number of nitrogens with one attached hydrogen (secondary N) is 1. The first-order valence-corrected chi connectivity index (χ1v) is 11.6. The maximum absolute atomic E-state index is 14.1. The van der Waals surface area contributed by atoms with E-state index in [-0.39, 0.29) is 11.8 Å². The number of aromatic nitrogens is 2. The van der Waals surface area contributed by atoms with Gasteiger partial charge >= 0.3 is 5.97 Å². The molecule has 4 aromatic carbocycles. The van der Waals surface area contributed by atoms with Gasteiger partial charge in [0.25, 0.3) is 0 Å². The molecule has 0 spiro atoms. The largest absolute Gasteiger partial charge is 0.462 e. The number of carbonyl (C=O) groups is 2. The topological polar surface area (TPSA) is 64.1 Å². The molecule has 0 saturated heterocycles. The standard InChI is InChI=1S/C30H22N2O3/c1-2-35-30(34)20-13-15-23(16-14-20)32-18-26-27(24-9-5-6-10-25(24)31-26)28(32)29(33)22-12-11-19-7-3-4-8-21(19)17-22/h3-18,31H,2H2,1H3. The second-order valence-electron chi connectivity index (χ2n) is 8.47. The quantitative estimate of drug-likeness (QED) is 0.232. The van der Waals surface area contributed by atoms with Crippen LogP contribution in [0.3, 0.4) is 0 Å². The van der Waals surface area contributed by atoms with Crippen LogP contribution in [-0.2, 0) is 4.74 Å². The Labute approximate surface area is 201 Å². The van der Waals surface area contributed by atoms with Crippen LogP contribution in [0.2, 0.25) is 0 Å². The van der Waals surface area contributed by atoms with Gasteiger partial charge in [0.1, 0.15) is 5.69 Å². The van der Waals surface area contributed by atoms with Crippen LogP contribution >= 0.6 is 0 Å². The highest BCUT2D eigenvalue weighted by molar-refractivity contribution is 6.23. The van der Waals surface area contributed by atoms with Crippen LogP contribution in [0.25, 0.3) is 38.3 Å². The number of carbonyl (C=O) groups excluding carboxylic acids is 2. The minimum absolute atomic E-state index is 0.0648. The van der Waals surface area contributed by atoms with E-state index in [1.54, 1.807) is 19.1 Å². The van der Waals surface area contributed by atoms with Crippen LogP contribution < -0.4 is 0 Å². The molecule has 35 heavy (non-hydrogen) atoms. The number of ketones is 1. The minimum Gasteiger partial charge on any atom is -0.462 e. The fraction of sp³-hybridized carbons (Fsp3) is 0.0667. The van der Waals surface area contributed by atoms with Crippen molar-refractivity contribution in [3.05, 3.63) is 114 Å². The Kier molecular flexibility index (Phi) is 4.96. The number of rotatable bonds is 5. The van der Waals surface area contributed by atoms with Gasteiger partial charge in [-0.15, -0.1) is 0 Å². The normalized spacial score (nSPS) is 11.3. The summed E-state index contributed by atoms with van der Waals surface area (Å²) in [6, 6.07) is 28.9. The van der Waals surface area contributed by atoms with Crippen LogP contribution in [0.1, 0.15) is 33.3 Å². The first-order chi connectivity index (χ1) is 17.1. The zero-order valence-corrected chi connectivity index (χ0v) is 19.1. The van der Waals surface area contributed by atoms with Crippen molar-refractivity contribution >= 4 is 44.3 Å². The van der Waals surface area contributed by atoms with Crippen LogP contribution in [-0.4, -0.2) is 27.9 Å². The van der Waals surface area contributed by atoms with Gasteiger partial charge in [0.2, 0.25) is 5.78 Å². The van der Waals surface area contributed by atoms with E-state index in [4.69, 9.17) is 4.74 Å². The van der Waals surface area contributed by atoms with Crippen molar-refractivity contribution in [2.45, 2.75) is 6.92 Å². The molecule has 170 valence electrons. The molecule has 2 heterocycles. The molecular formula is C30H22N2O3. The Morgan fingerprint density at radius 1 is 0.800 bits per heavy atom. The minimum atomic E-state index is -0.364. The van der Waals surface area contributed by atoms with Gasteiger partial charge in [0.05, 0.1) is 17.7 Å². The van der Waals surface area contributed by atoms with Gasteiger partial charge in [-0.25, -0.2) is 4.79 Å². The first-order valence-electron chi connectivity index (χ1n) is 11.6. The van der Waals surface area contributed by atoms with Gasteiger partial charge in [-0.3, -0.25) is 4.79 Å². The van der Waals surface area contributed by atoms with E-state index in [1.807, 2.05) is 89.6 Å². The van der Waals surface area contributed by atoms with E-state index in [9.17, 15) is 9.59 Å². The molecule has 0 bridgehead atoms. The fourth-order valence-electron chi connectivity index (χ4n) is 4.70. The number of H-pyrrole nitrogens is 1. The van der Waals surface area contributed by atoms with Crippen molar-refractivity contribution < 1.29 is 14.3 Å². The Bertz CT molecular complexity index is 1740. The third-order valence-corrected chi connectivity index (χ3v) is 6.35. The lowest BCUT2D eigenvalue weighted by molar-refractivity contribution is 0.0526. The second-order valence-corrected chi connectivity index (χ2v) is 8.47. The van der Waals surface area contributed by atoms with Gasteiger partial charge in [-0.2, -0.15) is 0 Å².